The van der Waals surface area contributed by atoms with Gasteiger partial charge in [-0.15, -0.1) is 6.58 Å². The summed E-state index contributed by atoms with van der Waals surface area (Å²) in [5.41, 5.74) is 1.52. The van der Waals surface area contributed by atoms with E-state index in [9.17, 15) is 10.2 Å². The number of phenols is 2. The van der Waals surface area contributed by atoms with Crippen molar-refractivity contribution in [2.24, 2.45) is 0 Å². The summed E-state index contributed by atoms with van der Waals surface area (Å²) in [6.45, 7) is 5.63. The average Bonchev–Trinajstić information content (AvgIpc) is 2.18. The quantitative estimate of drug-likeness (QED) is 0.569. The Morgan fingerprint density at radius 1 is 1.21 bits per heavy atom. The van der Waals surface area contributed by atoms with Gasteiger partial charge in [-0.3, -0.25) is 0 Å². The van der Waals surface area contributed by atoms with Crippen molar-refractivity contribution in [3.8, 4) is 11.5 Å². The van der Waals surface area contributed by atoms with Gasteiger partial charge in [-0.2, -0.15) is 0 Å². The fourth-order valence-electron chi connectivity index (χ4n) is 1.45. The number of hydrogen-bond donors (Lipinski definition) is 2. The lowest BCUT2D eigenvalue weighted by Crippen LogP contribution is -1.89. The highest BCUT2D eigenvalue weighted by atomic mass is 16.3. The minimum absolute atomic E-state index is 0.00384. The topological polar surface area (TPSA) is 40.5 Å². The number of aromatic hydroxyl groups is 2. The second-order valence-corrected chi connectivity index (χ2v) is 3.32. The molecule has 0 aliphatic carbocycles. The molecule has 1 rings (SSSR count). The van der Waals surface area contributed by atoms with Crippen LogP contribution in [0.5, 0.6) is 11.5 Å². The number of phenolic OH excluding ortho intramolecular Hbond substituents is 2. The minimum Gasteiger partial charge on any atom is -0.504 e. The van der Waals surface area contributed by atoms with Gasteiger partial charge in [-0.25, -0.2) is 0 Å². The molecule has 0 saturated carbocycles. The first-order valence-electron chi connectivity index (χ1n) is 4.84. The first-order chi connectivity index (χ1) is 6.70. The summed E-state index contributed by atoms with van der Waals surface area (Å²) < 4.78 is 0. The molecule has 0 aromatic heterocycles. The molecular weight excluding hydrogens is 176 g/mol. The summed E-state index contributed by atoms with van der Waals surface area (Å²) in [5, 5.41) is 19.3. The minimum atomic E-state index is -0.00384. The van der Waals surface area contributed by atoms with Gasteiger partial charge < -0.3 is 10.2 Å². The maximum absolute atomic E-state index is 9.65. The van der Waals surface area contributed by atoms with Crippen molar-refractivity contribution in [3.05, 3.63) is 35.9 Å². The van der Waals surface area contributed by atoms with Gasteiger partial charge in [-0.1, -0.05) is 31.6 Å². The van der Waals surface area contributed by atoms with Crippen LogP contribution in [-0.2, 0) is 12.8 Å². The molecule has 1 aromatic carbocycles. The normalized spacial score (nSPS) is 10.1. The van der Waals surface area contributed by atoms with Gasteiger partial charge in [0, 0.05) is 5.56 Å². The van der Waals surface area contributed by atoms with E-state index in [1.165, 1.54) is 0 Å². The second-order valence-electron chi connectivity index (χ2n) is 3.32. The van der Waals surface area contributed by atoms with Crippen molar-refractivity contribution in [2.45, 2.75) is 26.2 Å². The number of hydrogen-bond acceptors (Lipinski definition) is 2. The average molecular weight is 192 g/mol. The molecule has 1 aromatic rings. The van der Waals surface area contributed by atoms with Crippen molar-refractivity contribution in [3.63, 3.8) is 0 Å². The van der Waals surface area contributed by atoms with E-state index in [4.69, 9.17) is 0 Å². The first-order valence-corrected chi connectivity index (χ1v) is 4.84. The van der Waals surface area contributed by atoms with Crippen LogP contribution < -0.4 is 0 Å². The number of rotatable bonds is 4. The fourth-order valence-corrected chi connectivity index (χ4v) is 1.45. The Labute approximate surface area is 84.5 Å². The van der Waals surface area contributed by atoms with E-state index in [-0.39, 0.29) is 11.5 Å². The molecule has 76 valence electrons. The van der Waals surface area contributed by atoms with Gasteiger partial charge in [0.1, 0.15) is 0 Å². The molecule has 0 saturated heterocycles. The Morgan fingerprint density at radius 2 is 1.79 bits per heavy atom. The summed E-state index contributed by atoms with van der Waals surface area (Å²) in [5.74, 6) is 0.0158. The van der Waals surface area contributed by atoms with Crippen molar-refractivity contribution < 1.29 is 10.2 Å². The SMILES string of the molecule is C=CCc1ccc(CCC)c(O)c1O. The van der Waals surface area contributed by atoms with Gasteiger partial charge in [0.05, 0.1) is 0 Å². The van der Waals surface area contributed by atoms with Gasteiger partial charge >= 0.3 is 0 Å². The van der Waals surface area contributed by atoms with E-state index in [0.29, 0.717) is 6.42 Å². The summed E-state index contributed by atoms with van der Waals surface area (Å²) >= 11 is 0. The molecular formula is C12H16O2. The van der Waals surface area contributed by atoms with E-state index in [0.717, 1.165) is 24.0 Å². The Morgan fingerprint density at radius 3 is 2.36 bits per heavy atom. The van der Waals surface area contributed by atoms with Gasteiger partial charge in [0.15, 0.2) is 11.5 Å². The number of aryl methyl sites for hydroxylation is 1. The lowest BCUT2D eigenvalue weighted by atomic mass is 10.0. The van der Waals surface area contributed by atoms with Crippen LogP contribution >= 0.6 is 0 Å². The number of benzene rings is 1. The third kappa shape index (κ3) is 2.08. The predicted molar refractivity (Wildman–Crippen MR) is 57.7 cm³/mol. The Bertz CT molecular complexity index is 329. The molecule has 0 heterocycles. The highest BCUT2D eigenvalue weighted by molar-refractivity contribution is 5.50. The third-order valence-electron chi connectivity index (χ3n) is 2.20. The van der Waals surface area contributed by atoms with E-state index >= 15 is 0 Å². The van der Waals surface area contributed by atoms with Crippen LogP contribution in [0, 0.1) is 0 Å². The summed E-state index contributed by atoms with van der Waals surface area (Å²) in [4.78, 5) is 0. The Hall–Kier alpha value is -1.44. The largest absolute Gasteiger partial charge is 0.504 e. The number of allylic oxidation sites excluding steroid dienone is 1. The van der Waals surface area contributed by atoms with Crippen LogP contribution in [0.15, 0.2) is 24.8 Å². The van der Waals surface area contributed by atoms with E-state index in [2.05, 4.69) is 6.58 Å². The molecule has 2 heteroatoms. The molecule has 0 spiro atoms. The first kappa shape index (κ1) is 10.6. The summed E-state index contributed by atoms with van der Waals surface area (Å²) in [6, 6.07) is 3.69. The van der Waals surface area contributed by atoms with Crippen LogP contribution in [0.2, 0.25) is 0 Å². The van der Waals surface area contributed by atoms with Crippen LogP contribution in [0.25, 0.3) is 0 Å². The summed E-state index contributed by atoms with van der Waals surface area (Å²) in [6.07, 6.45) is 4.02. The molecule has 0 bridgehead atoms. The van der Waals surface area contributed by atoms with Gasteiger partial charge in [-0.05, 0) is 18.4 Å². The second kappa shape index (κ2) is 4.70. The van der Waals surface area contributed by atoms with E-state index < -0.39 is 0 Å². The summed E-state index contributed by atoms with van der Waals surface area (Å²) in [7, 11) is 0. The molecule has 0 aliphatic rings. The molecule has 0 aliphatic heterocycles. The third-order valence-corrected chi connectivity index (χ3v) is 2.20. The van der Waals surface area contributed by atoms with Gasteiger partial charge in [0.2, 0.25) is 0 Å². The lowest BCUT2D eigenvalue weighted by molar-refractivity contribution is 0.396. The molecule has 0 unspecified atom stereocenters. The zero-order valence-electron chi connectivity index (χ0n) is 8.45. The van der Waals surface area contributed by atoms with Crippen molar-refractivity contribution in [2.75, 3.05) is 0 Å². The standard InChI is InChI=1S/C12H16O2/c1-3-5-9-7-8-10(6-4-2)12(14)11(9)13/h3,7-8,13-14H,1,4-6H2,2H3. The predicted octanol–water partition coefficient (Wildman–Crippen LogP) is 2.78. The Balaban J connectivity index is 3.05. The highest BCUT2D eigenvalue weighted by Crippen LogP contribution is 2.33. The molecule has 0 radical (unpaired) electrons. The Kier molecular flexibility index (Phi) is 3.57. The molecule has 0 fully saturated rings. The zero-order valence-corrected chi connectivity index (χ0v) is 8.45. The molecule has 0 atom stereocenters. The van der Waals surface area contributed by atoms with Crippen LogP contribution in [0.1, 0.15) is 24.5 Å². The van der Waals surface area contributed by atoms with E-state index in [1.807, 2.05) is 19.1 Å². The van der Waals surface area contributed by atoms with Crippen LogP contribution in [0.4, 0.5) is 0 Å². The maximum atomic E-state index is 9.65. The molecule has 14 heavy (non-hydrogen) atoms. The van der Waals surface area contributed by atoms with E-state index in [1.54, 1.807) is 6.08 Å². The maximum Gasteiger partial charge on any atom is 0.161 e. The monoisotopic (exact) mass is 192 g/mol. The van der Waals surface area contributed by atoms with Crippen molar-refractivity contribution in [1.82, 2.24) is 0 Å². The van der Waals surface area contributed by atoms with Crippen molar-refractivity contribution in [1.29, 1.82) is 0 Å². The lowest BCUT2D eigenvalue weighted by Gasteiger charge is -2.08. The molecule has 0 amide bonds. The van der Waals surface area contributed by atoms with Crippen LogP contribution in [0.3, 0.4) is 0 Å². The fraction of sp³-hybridized carbons (Fsp3) is 0.333. The smallest absolute Gasteiger partial charge is 0.161 e. The van der Waals surface area contributed by atoms with Gasteiger partial charge in [0.25, 0.3) is 0 Å². The molecule has 2 nitrogen and oxygen atoms in total. The van der Waals surface area contributed by atoms with Crippen LogP contribution in [-0.4, -0.2) is 10.2 Å². The molecule has 2 N–H and O–H groups in total. The zero-order chi connectivity index (χ0) is 10.6. The highest BCUT2D eigenvalue weighted by Gasteiger charge is 2.09. The van der Waals surface area contributed by atoms with Crippen molar-refractivity contribution >= 4 is 0 Å².